The van der Waals surface area contributed by atoms with Gasteiger partial charge in [0.15, 0.2) is 0 Å². The Kier molecular flexibility index (Phi) is 3.76. The molecule has 5 heteroatoms. The summed E-state index contributed by atoms with van der Waals surface area (Å²) in [6, 6.07) is 11.8. The third-order valence-electron chi connectivity index (χ3n) is 4.49. The summed E-state index contributed by atoms with van der Waals surface area (Å²) in [6.45, 7) is 1.37. The second-order valence-electron chi connectivity index (χ2n) is 6.15. The van der Waals surface area contributed by atoms with Crippen LogP contribution in [0, 0.1) is 5.82 Å². The van der Waals surface area contributed by atoms with Crippen molar-refractivity contribution in [3.8, 4) is 0 Å². The number of nitrogens with zero attached hydrogens (tertiary/aromatic N) is 2. The van der Waals surface area contributed by atoms with Gasteiger partial charge in [-0.1, -0.05) is 12.1 Å². The average Bonchev–Trinajstić information content (AvgIpc) is 2.98. The summed E-state index contributed by atoms with van der Waals surface area (Å²) in [5.41, 5.74) is 3.43. The molecule has 0 saturated carbocycles. The summed E-state index contributed by atoms with van der Waals surface area (Å²) in [7, 11) is 0. The van der Waals surface area contributed by atoms with E-state index in [4.69, 9.17) is 0 Å². The Hall–Kier alpha value is -2.69. The summed E-state index contributed by atoms with van der Waals surface area (Å²) in [5, 5.41) is 2.87. The fourth-order valence-electron chi connectivity index (χ4n) is 3.20. The summed E-state index contributed by atoms with van der Waals surface area (Å²) in [6.07, 6.45) is 3.35. The summed E-state index contributed by atoms with van der Waals surface area (Å²) < 4.78 is 15.1. The maximum Gasteiger partial charge on any atom is 0.251 e. The lowest BCUT2D eigenvalue weighted by Gasteiger charge is -2.13. The molecule has 3 aromatic rings. The molecule has 0 unspecified atom stereocenters. The zero-order chi connectivity index (χ0) is 16.5. The van der Waals surface area contributed by atoms with E-state index in [2.05, 4.69) is 14.9 Å². The molecule has 0 fully saturated rings. The highest BCUT2D eigenvalue weighted by molar-refractivity contribution is 5.97. The van der Waals surface area contributed by atoms with Gasteiger partial charge in [0, 0.05) is 25.1 Å². The van der Waals surface area contributed by atoms with Crippen LogP contribution in [-0.2, 0) is 19.5 Å². The molecule has 0 bridgehead atoms. The van der Waals surface area contributed by atoms with Crippen LogP contribution in [0.2, 0.25) is 0 Å². The molecule has 4 rings (SSSR count). The van der Waals surface area contributed by atoms with Gasteiger partial charge in [-0.2, -0.15) is 0 Å². The molecule has 4 nitrogen and oxygen atoms in total. The molecule has 1 N–H and O–H groups in total. The van der Waals surface area contributed by atoms with Gasteiger partial charge in [0.25, 0.3) is 5.91 Å². The van der Waals surface area contributed by atoms with Crippen LogP contribution in [0.5, 0.6) is 0 Å². The largest absolute Gasteiger partial charge is 0.348 e. The second-order valence-corrected chi connectivity index (χ2v) is 6.15. The molecule has 0 spiro atoms. The lowest BCUT2D eigenvalue weighted by molar-refractivity contribution is 0.0951. The van der Waals surface area contributed by atoms with Gasteiger partial charge in [-0.05, 0) is 48.7 Å². The Morgan fingerprint density at radius 2 is 2.00 bits per heavy atom. The standard InChI is InChI=1S/C19H18FN3O/c20-15-7-4-13(5-8-15)12-21-19(24)14-6-9-17-16(11-14)22-18-3-1-2-10-23(17)18/h4-9,11H,1-3,10,12H2,(H,21,24). The monoisotopic (exact) mass is 323 g/mol. The van der Waals surface area contributed by atoms with Crippen LogP contribution in [0.4, 0.5) is 4.39 Å². The lowest BCUT2D eigenvalue weighted by atomic mass is 10.1. The predicted molar refractivity (Wildman–Crippen MR) is 90.2 cm³/mol. The van der Waals surface area contributed by atoms with Crippen molar-refractivity contribution in [3.05, 3.63) is 65.2 Å². The second kappa shape index (κ2) is 6.07. The topological polar surface area (TPSA) is 46.9 Å². The van der Waals surface area contributed by atoms with Crippen molar-refractivity contribution in [1.29, 1.82) is 0 Å². The smallest absolute Gasteiger partial charge is 0.251 e. The van der Waals surface area contributed by atoms with E-state index in [9.17, 15) is 9.18 Å². The fraction of sp³-hybridized carbons (Fsp3) is 0.263. The number of fused-ring (bicyclic) bond motifs is 3. The van der Waals surface area contributed by atoms with E-state index in [-0.39, 0.29) is 11.7 Å². The normalized spacial score (nSPS) is 13.7. The highest BCUT2D eigenvalue weighted by atomic mass is 19.1. The Bertz CT molecular complexity index is 899. The minimum Gasteiger partial charge on any atom is -0.348 e. The number of rotatable bonds is 3. The maximum atomic E-state index is 12.9. The van der Waals surface area contributed by atoms with E-state index < -0.39 is 0 Å². The van der Waals surface area contributed by atoms with Gasteiger partial charge in [0.05, 0.1) is 11.0 Å². The fourth-order valence-corrected chi connectivity index (χ4v) is 3.20. The van der Waals surface area contributed by atoms with E-state index in [1.165, 1.54) is 25.0 Å². The van der Waals surface area contributed by atoms with Crippen LogP contribution >= 0.6 is 0 Å². The quantitative estimate of drug-likeness (QED) is 0.802. The summed E-state index contributed by atoms with van der Waals surface area (Å²) in [4.78, 5) is 17.0. The third-order valence-corrected chi connectivity index (χ3v) is 4.49. The number of hydrogen-bond donors (Lipinski definition) is 1. The molecule has 1 aliphatic heterocycles. The molecule has 0 radical (unpaired) electrons. The number of aromatic nitrogens is 2. The molecular weight excluding hydrogens is 305 g/mol. The maximum absolute atomic E-state index is 12.9. The first-order chi connectivity index (χ1) is 11.7. The Morgan fingerprint density at radius 1 is 1.17 bits per heavy atom. The first-order valence-corrected chi connectivity index (χ1v) is 8.22. The van der Waals surface area contributed by atoms with Crippen LogP contribution in [-0.4, -0.2) is 15.5 Å². The van der Waals surface area contributed by atoms with Crippen molar-refractivity contribution >= 4 is 16.9 Å². The van der Waals surface area contributed by atoms with Gasteiger partial charge in [0.2, 0.25) is 0 Å². The number of carbonyl (C=O) groups excluding carboxylic acids is 1. The van der Waals surface area contributed by atoms with Crippen LogP contribution in [0.15, 0.2) is 42.5 Å². The van der Waals surface area contributed by atoms with Gasteiger partial charge < -0.3 is 9.88 Å². The van der Waals surface area contributed by atoms with Crippen LogP contribution in [0.1, 0.15) is 34.6 Å². The molecule has 2 heterocycles. The van der Waals surface area contributed by atoms with Gasteiger partial charge in [-0.3, -0.25) is 4.79 Å². The number of halogens is 1. The number of imidazole rings is 1. The Morgan fingerprint density at radius 3 is 2.83 bits per heavy atom. The van der Waals surface area contributed by atoms with E-state index in [0.29, 0.717) is 12.1 Å². The van der Waals surface area contributed by atoms with Gasteiger partial charge >= 0.3 is 0 Å². The van der Waals surface area contributed by atoms with Crippen molar-refractivity contribution in [1.82, 2.24) is 14.9 Å². The van der Waals surface area contributed by atoms with Gasteiger partial charge in [-0.25, -0.2) is 9.37 Å². The van der Waals surface area contributed by atoms with Crippen LogP contribution in [0.3, 0.4) is 0 Å². The number of benzene rings is 2. The molecular formula is C19H18FN3O. The minimum absolute atomic E-state index is 0.146. The zero-order valence-electron chi connectivity index (χ0n) is 13.3. The van der Waals surface area contributed by atoms with Crippen molar-refractivity contribution in [2.24, 2.45) is 0 Å². The highest BCUT2D eigenvalue weighted by Crippen LogP contribution is 2.23. The summed E-state index contributed by atoms with van der Waals surface area (Å²) >= 11 is 0. The Balaban J connectivity index is 1.52. The number of amides is 1. The first-order valence-electron chi connectivity index (χ1n) is 8.22. The molecule has 0 atom stereocenters. The average molecular weight is 323 g/mol. The molecule has 24 heavy (non-hydrogen) atoms. The molecule has 1 amide bonds. The number of carbonyl (C=O) groups is 1. The molecule has 1 aromatic heterocycles. The number of hydrogen-bond acceptors (Lipinski definition) is 2. The minimum atomic E-state index is -0.278. The molecule has 1 aliphatic rings. The lowest BCUT2D eigenvalue weighted by Crippen LogP contribution is -2.22. The third kappa shape index (κ3) is 2.77. The summed E-state index contributed by atoms with van der Waals surface area (Å²) in [5.74, 6) is 0.687. The van der Waals surface area contributed by atoms with Crippen molar-refractivity contribution in [3.63, 3.8) is 0 Å². The predicted octanol–water partition coefficient (Wildman–Crippen LogP) is 3.44. The van der Waals surface area contributed by atoms with E-state index in [0.717, 1.165) is 35.4 Å². The van der Waals surface area contributed by atoms with E-state index in [1.807, 2.05) is 18.2 Å². The molecule has 122 valence electrons. The highest BCUT2D eigenvalue weighted by Gasteiger charge is 2.16. The Labute approximate surface area is 139 Å². The van der Waals surface area contributed by atoms with Gasteiger partial charge in [0.1, 0.15) is 11.6 Å². The molecule has 2 aromatic carbocycles. The number of aryl methyl sites for hydroxylation is 2. The zero-order valence-corrected chi connectivity index (χ0v) is 13.3. The molecule has 0 aliphatic carbocycles. The van der Waals surface area contributed by atoms with E-state index >= 15 is 0 Å². The van der Waals surface area contributed by atoms with Crippen molar-refractivity contribution < 1.29 is 9.18 Å². The van der Waals surface area contributed by atoms with E-state index in [1.54, 1.807) is 12.1 Å². The molecule has 0 saturated heterocycles. The van der Waals surface area contributed by atoms with Crippen LogP contribution in [0.25, 0.3) is 11.0 Å². The number of nitrogens with one attached hydrogen (secondary N) is 1. The van der Waals surface area contributed by atoms with Gasteiger partial charge in [-0.15, -0.1) is 0 Å². The van der Waals surface area contributed by atoms with Crippen molar-refractivity contribution in [2.75, 3.05) is 0 Å². The van der Waals surface area contributed by atoms with Crippen LogP contribution < -0.4 is 5.32 Å². The first kappa shape index (κ1) is 14.9. The van der Waals surface area contributed by atoms with Crippen molar-refractivity contribution in [2.45, 2.75) is 32.4 Å². The SMILES string of the molecule is O=C(NCc1ccc(F)cc1)c1ccc2c(c1)nc1n2CCCC1.